The minimum absolute atomic E-state index is 0.199. The molecule has 23 heavy (non-hydrogen) atoms. The van der Waals surface area contributed by atoms with E-state index in [1.54, 1.807) is 13.8 Å². The number of aromatic carboxylic acids is 1. The van der Waals surface area contributed by atoms with Gasteiger partial charge in [0.1, 0.15) is 9.88 Å². The predicted octanol–water partition coefficient (Wildman–Crippen LogP) is 4.02. The van der Waals surface area contributed by atoms with Gasteiger partial charge in [0.15, 0.2) is 0 Å². The minimum atomic E-state index is -0.996. The van der Waals surface area contributed by atoms with Crippen molar-refractivity contribution < 1.29 is 14.7 Å². The summed E-state index contributed by atoms with van der Waals surface area (Å²) in [5, 5.41) is 12.6. The third kappa shape index (κ3) is 3.79. The molecule has 122 valence electrons. The Morgan fingerprint density at radius 2 is 1.91 bits per heavy atom. The van der Waals surface area contributed by atoms with Gasteiger partial charge in [-0.05, 0) is 51.0 Å². The highest BCUT2D eigenvalue weighted by Gasteiger charge is 2.20. The van der Waals surface area contributed by atoms with Crippen molar-refractivity contribution in [3.05, 3.63) is 48.9 Å². The van der Waals surface area contributed by atoms with Crippen molar-refractivity contribution in [1.29, 1.82) is 0 Å². The molecule has 0 aliphatic heterocycles. The molecule has 7 heteroatoms. The molecule has 1 aromatic carbocycles. The molecule has 2 rings (SSSR count). The Balaban J connectivity index is 2.22. The van der Waals surface area contributed by atoms with E-state index in [1.807, 2.05) is 26.0 Å². The second-order valence-corrected chi connectivity index (χ2v) is 7.27. The monoisotopic (exact) mass is 396 g/mol. The van der Waals surface area contributed by atoms with Gasteiger partial charge in [0.05, 0.1) is 11.7 Å². The molecule has 0 bridgehead atoms. The number of nitrogens with one attached hydrogen (secondary N) is 1. The number of carbonyl (C=O) groups excluding carboxylic acids is 1. The molecule has 0 fully saturated rings. The van der Waals surface area contributed by atoms with Crippen molar-refractivity contribution >= 4 is 39.1 Å². The predicted molar refractivity (Wildman–Crippen MR) is 93.3 cm³/mol. The topological polar surface area (TPSA) is 79.3 Å². The van der Waals surface area contributed by atoms with E-state index in [9.17, 15) is 9.59 Å². The molecule has 2 aromatic rings. The molecule has 0 spiro atoms. The van der Waals surface area contributed by atoms with Gasteiger partial charge in [-0.25, -0.2) is 9.78 Å². The van der Waals surface area contributed by atoms with Gasteiger partial charge in [-0.15, -0.1) is 11.3 Å². The molecule has 0 saturated heterocycles. The van der Waals surface area contributed by atoms with Crippen molar-refractivity contribution in [1.82, 2.24) is 10.3 Å². The van der Waals surface area contributed by atoms with Crippen LogP contribution in [-0.4, -0.2) is 22.0 Å². The molecular formula is C16H17BrN2O3S. The number of benzene rings is 1. The average Bonchev–Trinajstić information content (AvgIpc) is 2.85. The van der Waals surface area contributed by atoms with E-state index in [-0.39, 0.29) is 16.8 Å². The van der Waals surface area contributed by atoms with Crippen molar-refractivity contribution in [3.63, 3.8) is 0 Å². The van der Waals surface area contributed by atoms with Crippen LogP contribution in [0.5, 0.6) is 0 Å². The molecule has 1 aromatic heterocycles. The number of halogens is 1. The zero-order valence-electron chi connectivity index (χ0n) is 13.2. The molecule has 0 aliphatic carbocycles. The van der Waals surface area contributed by atoms with Crippen molar-refractivity contribution in [2.45, 2.75) is 33.7 Å². The normalized spacial score (nSPS) is 12.0. The van der Waals surface area contributed by atoms with Gasteiger partial charge in [-0.1, -0.05) is 15.9 Å². The van der Waals surface area contributed by atoms with Gasteiger partial charge in [-0.2, -0.15) is 0 Å². The van der Waals surface area contributed by atoms with Crippen LogP contribution < -0.4 is 5.32 Å². The van der Waals surface area contributed by atoms with Crippen molar-refractivity contribution in [2.75, 3.05) is 0 Å². The second kappa shape index (κ2) is 6.80. The Morgan fingerprint density at radius 1 is 1.26 bits per heavy atom. The highest BCUT2D eigenvalue weighted by Crippen LogP contribution is 2.25. The second-order valence-electron chi connectivity index (χ2n) is 5.38. The van der Waals surface area contributed by atoms with E-state index in [4.69, 9.17) is 5.11 Å². The molecule has 1 amide bonds. The number of carboxylic acid groups (broad SMARTS) is 1. The van der Waals surface area contributed by atoms with Crippen LogP contribution in [0.1, 0.15) is 54.8 Å². The molecule has 2 N–H and O–H groups in total. The Morgan fingerprint density at radius 3 is 2.48 bits per heavy atom. The zero-order valence-corrected chi connectivity index (χ0v) is 15.6. The number of aryl methyl sites for hydroxylation is 3. The number of carbonyl (C=O) groups is 2. The molecule has 1 atom stereocenters. The highest BCUT2D eigenvalue weighted by molar-refractivity contribution is 9.10. The quantitative estimate of drug-likeness (QED) is 0.817. The average molecular weight is 397 g/mol. The summed E-state index contributed by atoms with van der Waals surface area (Å²) in [6.45, 7) is 7.25. The maximum atomic E-state index is 12.5. The number of thiazole rings is 1. The van der Waals surface area contributed by atoms with E-state index >= 15 is 0 Å². The first kappa shape index (κ1) is 17.6. The van der Waals surface area contributed by atoms with Crippen LogP contribution in [0.25, 0.3) is 0 Å². The lowest BCUT2D eigenvalue weighted by Gasteiger charge is -2.14. The number of aromatic nitrogens is 1. The highest BCUT2D eigenvalue weighted by atomic mass is 79.9. The Kier molecular flexibility index (Phi) is 5.21. The van der Waals surface area contributed by atoms with Crippen molar-refractivity contribution in [2.24, 2.45) is 0 Å². The molecule has 0 radical (unpaired) electrons. The standard InChI is InChI=1S/C16H17BrN2O3S/c1-7-6-12(17)8(2)5-11(7)14(20)18-10(4)15-19-9(3)13(23-15)16(21)22/h5-6,10H,1-4H3,(H,18,20)(H,21,22). The first-order chi connectivity index (χ1) is 10.7. The summed E-state index contributed by atoms with van der Waals surface area (Å²) in [7, 11) is 0. The van der Waals surface area contributed by atoms with Crippen LogP contribution in [0, 0.1) is 20.8 Å². The lowest BCUT2D eigenvalue weighted by atomic mass is 10.0. The van der Waals surface area contributed by atoms with E-state index in [2.05, 4.69) is 26.2 Å². The van der Waals surface area contributed by atoms with Gasteiger partial charge < -0.3 is 10.4 Å². The van der Waals surface area contributed by atoms with Gasteiger partial charge in [0.2, 0.25) is 0 Å². The van der Waals surface area contributed by atoms with Gasteiger partial charge in [0, 0.05) is 10.0 Å². The third-order valence-electron chi connectivity index (χ3n) is 3.48. The maximum absolute atomic E-state index is 12.5. The first-order valence-corrected chi connectivity index (χ1v) is 8.60. The lowest BCUT2D eigenvalue weighted by molar-refractivity contribution is 0.0701. The van der Waals surface area contributed by atoms with Crippen LogP contribution in [0.3, 0.4) is 0 Å². The number of amides is 1. The van der Waals surface area contributed by atoms with E-state index in [1.165, 1.54) is 0 Å². The Bertz CT molecular complexity index is 786. The molecular weight excluding hydrogens is 380 g/mol. The number of hydrogen-bond acceptors (Lipinski definition) is 4. The third-order valence-corrected chi connectivity index (χ3v) is 5.66. The van der Waals surface area contributed by atoms with Gasteiger partial charge in [0.25, 0.3) is 5.91 Å². The molecule has 5 nitrogen and oxygen atoms in total. The molecule has 1 heterocycles. The van der Waals surface area contributed by atoms with Crippen LogP contribution in [0.2, 0.25) is 0 Å². The summed E-state index contributed by atoms with van der Waals surface area (Å²) in [4.78, 5) is 28.0. The van der Waals surface area contributed by atoms with Crippen LogP contribution >= 0.6 is 27.3 Å². The molecule has 0 saturated carbocycles. The smallest absolute Gasteiger partial charge is 0.347 e. The number of nitrogens with zero attached hydrogens (tertiary/aromatic N) is 1. The summed E-state index contributed by atoms with van der Waals surface area (Å²) >= 11 is 4.54. The van der Waals surface area contributed by atoms with E-state index < -0.39 is 5.97 Å². The van der Waals surface area contributed by atoms with E-state index in [0.717, 1.165) is 26.9 Å². The SMILES string of the molecule is Cc1cc(C(=O)NC(C)c2nc(C)c(C(=O)O)s2)c(C)cc1Br. The maximum Gasteiger partial charge on any atom is 0.347 e. The van der Waals surface area contributed by atoms with Crippen LogP contribution in [0.15, 0.2) is 16.6 Å². The summed E-state index contributed by atoms with van der Waals surface area (Å²) in [5.74, 6) is -1.19. The summed E-state index contributed by atoms with van der Waals surface area (Å²) < 4.78 is 0.959. The first-order valence-electron chi connectivity index (χ1n) is 6.99. The number of hydrogen-bond donors (Lipinski definition) is 2. The number of carboxylic acids is 1. The fourth-order valence-corrected chi connectivity index (χ4v) is 3.53. The molecule has 0 aliphatic rings. The summed E-state index contributed by atoms with van der Waals surface area (Å²) in [5.41, 5.74) is 2.92. The molecule has 1 unspecified atom stereocenters. The van der Waals surface area contributed by atoms with Gasteiger partial charge >= 0.3 is 5.97 Å². The van der Waals surface area contributed by atoms with Crippen LogP contribution in [-0.2, 0) is 0 Å². The fraction of sp³-hybridized carbons (Fsp3) is 0.312. The lowest BCUT2D eigenvalue weighted by Crippen LogP contribution is -2.27. The van der Waals surface area contributed by atoms with Gasteiger partial charge in [-0.3, -0.25) is 4.79 Å². The van der Waals surface area contributed by atoms with Crippen LogP contribution in [0.4, 0.5) is 0 Å². The zero-order chi connectivity index (χ0) is 17.3. The summed E-state index contributed by atoms with van der Waals surface area (Å²) in [6.07, 6.45) is 0. The minimum Gasteiger partial charge on any atom is -0.477 e. The largest absolute Gasteiger partial charge is 0.477 e. The van der Waals surface area contributed by atoms with Crippen molar-refractivity contribution in [3.8, 4) is 0 Å². The Labute approximate surface area is 146 Å². The van der Waals surface area contributed by atoms with E-state index in [0.29, 0.717) is 16.3 Å². The summed E-state index contributed by atoms with van der Waals surface area (Å²) in [6, 6.07) is 3.38. The fourth-order valence-electron chi connectivity index (χ4n) is 2.16. The Hall–Kier alpha value is -1.73. The number of rotatable bonds is 4.